The second-order valence-electron chi connectivity index (χ2n) is 7.47. The van der Waals surface area contributed by atoms with E-state index in [-0.39, 0.29) is 12.6 Å². The number of hydrogen-bond donors (Lipinski definition) is 5. The second-order valence-corrected chi connectivity index (χ2v) is 7.47. The minimum atomic E-state index is -1.77. The number of benzene rings is 1. The van der Waals surface area contributed by atoms with Crippen molar-refractivity contribution < 1.29 is 39.4 Å². The third-order valence-corrected chi connectivity index (χ3v) is 4.65. The molecule has 9 heteroatoms. The maximum absolute atomic E-state index is 11.3. The van der Waals surface area contributed by atoms with Crippen molar-refractivity contribution in [3.63, 3.8) is 0 Å². The first-order valence-electron chi connectivity index (χ1n) is 9.87. The molecule has 9 nitrogen and oxygen atoms in total. The lowest BCUT2D eigenvalue weighted by Crippen LogP contribution is -2.61. The van der Waals surface area contributed by atoms with Gasteiger partial charge in [0.25, 0.3) is 0 Å². The normalized spacial score (nSPS) is 27.6. The first kappa shape index (κ1) is 24.3. The van der Waals surface area contributed by atoms with Crippen molar-refractivity contribution in [1.29, 1.82) is 0 Å². The number of carboxylic acid groups (broad SMARTS) is 1. The number of carboxylic acids is 1. The SMILES string of the molecule is C=CCc1ccccc1OCC(CNC(C)C)O[C@@H]1O[C@H](C(=O)O)[C@@H](O)[C@H](O)[C@H]1O. The van der Waals surface area contributed by atoms with Crippen LogP contribution >= 0.6 is 0 Å². The molecular formula is C21H31NO8. The smallest absolute Gasteiger partial charge is 0.335 e. The van der Waals surface area contributed by atoms with Gasteiger partial charge in [-0.25, -0.2) is 4.79 Å². The number of nitrogens with one attached hydrogen (secondary N) is 1. The molecule has 0 saturated carbocycles. The summed E-state index contributed by atoms with van der Waals surface area (Å²) in [7, 11) is 0. The zero-order valence-electron chi connectivity index (χ0n) is 17.2. The van der Waals surface area contributed by atoms with Gasteiger partial charge >= 0.3 is 5.97 Å². The summed E-state index contributed by atoms with van der Waals surface area (Å²) in [5, 5.41) is 42.4. The molecule has 1 aliphatic rings. The van der Waals surface area contributed by atoms with Gasteiger partial charge in [0.15, 0.2) is 12.4 Å². The van der Waals surface area contributed by atoms with Crippen LogP contribution in [0.2, 0.25) is 0 Å². The van der Waals surface area contributed by atoms with Crippen LogP contribution in [0.3, 0.4) is 0 Å². The number of para-hydroxylation sites is 1. The first-order chi connectivity index (χ1) is 14.2. The monoisotopic (exact) mass is 425 g/mol. The van der Waals surface area contributed by atoms with E-state index in [1.807, 2.05) is 38.1 Å². The lowest BCUT2D eigenvalue weighted by atomic mass is 9.99. The average Bonchev–Trinajstić information content (AvgIpc) is 2.70. The fourth-order valence-corrected chi connectivity index (χ4v) is 3.02. The van der Waals surface area contributed by atoms with Gasteiger partial charge in [-0.2, -0.15) is 0 Å². The molecule has 1 aliphatic heterocycles. The van der Waals surface area contributed by atoms with Crippen molar-refractivity contribution in [2.75, 3.05) is 13.2 Å². The number of ether oxygens (including phenoxy) is 3. The molecule has 0 aliphatic carbocycles. The van der Waals surface area contributed by atoms with Gasteiger partial charge in [0.05, 0.1) is 0 Å². The van der Waals surface area contributed by atoms with Crippen LogP contribution in [-0.2, 0) is 20.7 Å². The molecule has 30 heavy (non-hydrogen) atoms. The van der Waals surface area contributed by atoms with Gasteiger partial charge in [-0.15, -0.1) is 6.58 Å². The van der Waals surface area contributed by atoms with E-state index >= 15 is 0 Å². The number of rotatable bonds is 11. The third kappa shape index (κ3) is 6.49. The highest BCUT2D eigenvalue weighted by Gasteiger charge is 2.48. The van der Waals surface area contributed by atoms with E-state index in [1.54, 1.807) is 6.08 Å². The number of aliphatic carboxylic acids is 1. The van der Waals surface area contributed by atoms with Crippen molar-refractivity contribution in [3.8, 4) is 5.75 Å². The molecule has 0 spiro atoms. The highest BCUT2D eigenvalue weighted by Crippen LogP contribution is 2.24. The third-order valence-electron chi connectivity index (χ3n) is 4.65. The Morgan fingerprint density at radius 3 is 2.57 bits per heavy atom. The number of carbonyl (C=O) groups is 1. The van der Waals surface area contributed by atoms with Crippen molar-refractivity contribution in [1.82, 2.24) is 5.32 Å². The Morgan fingerprint density at radius 1 is 1.23 bits per heavy atom. The molecule has 5 N–H and O–H groups in total. The lowest BCUT2D eigenvalue weighted by Gasteiger charge is -2.39. The predicted molar refractivity (Wildman–Crippen MR) is 108 cm³/mol. The average molecular weight is 425 g/mol. The number of aliphatic hydroxyl groups excluding tert-OH is 3. The fraction of sp³-hybridized carbons (Fsp3) is 0.571. The molecule has 6 atom stereocenters. The molecule has 1 unspecified atom stereocenters. The highest BCUT2D eigenvalue weighted by atomic mass is 16.7. The van der Waals surface area contributed by atoms with E-state index in [4.69, 9.17) is 14.2 Å². The zero-order valence-corrected chi connectivity index (χ0v) is 17.2. The van der Waals surface area contributed by atoms with Crippen LogP contribution < -0.4 is 10.1 Å². The topological polar surface area (TPSA) is 138 Å². The molecular weight excluding hydrogens is 394 g/mol. The van der Waals surface area contributed by atoms with E-state index in [1.165, 1.54) is 0 Å². The van der Waals surface area contributed by atoms with Crippen LogP contribution in [0.15, 0.2) is 36.9 Å². The molecule has 0 aromatic heterocycles. The van der Waals surface area contributed by atoms with Gasteiger partial charge in [0.2, 0.25) is 0 Å². The van der Waals surface area contributed by atoms with E-state index in [2.05, 4.69) is 11.9 Å². The molecule has 1 saturated heterocycles. The molecule has 1 aromatic carbocycles. The summed E-state index contributed by atoms with van der Waals surface area (Å²) in [6.45, 7) is 8.04. The van der Waals surface area contributed by atoms with Gasteiger partial charge in [-0.3, -0.25) is 0 Å². The number of aliphatic hydroxyl groups is 3. The summed E-state index contributed by atoms with van der Waals surface area (Å²) in [5.74, 6) is -0.812. The molecule has 168 valence electrons. The molecule has 0 radical (unpaired) electrons. The Hall–Kier alpha value is -2.01. The van der Waals surface area contributed by atoms with Crippen molar-refractivity contribution >= 4 is 5.97 Å². The van der Waals surface area contributed by atoms with E-state index in [9.17, 15) is 25.2 Å². The minimum absolute atomic E-state index is 0.0802. The Morgan fingerprint density at radius 2 is 1.93 bits per heavy atom. The van der Waals surface area contributed by atoms with Gasteiger partial charge in [0, 0.05) is 12.6 Å². The predicted octanol–water partition coefficient (Wildman–Crippen LogP) is 0.0693. The summed E-state index contributed by atoms with van der Waals surface area (Å²) in [6, 6.07) is 7.61. The zero-order chi connectivity index (χ0) is 22.3. The van der Waals surface area contributed by atoms with E-state index in [0.29, 0.717) is 18.7 Å². The Kier molecular flexibility index (Phi) is 9.22. The molecule has 1 aromatic rings. The molecule has 2 rings (SSSR count). The quantitative estimate of drug-likeness (QED) is 0.312. The summed E-state index contributed by atoms with van der Waals surface area (Å²) < 4.78 is 16.9. The maximum atomic E-state index is 11.3. The summed E-state index contributed by atoms with van der Waals surface area (Å²) in [5.41, 5.74) is 0.946. The van der Waals surface area contributed by atoms with Gasteiger partial charge in [-0.1, -0.05) is 38.1 Å². The van der Waals surface area contributed by atoms with Crippen LogP contribution in [0, 0.1) is 0 Å². The summed E-state index contributed by atoms with van der Waals surface area (Å²) >= 11 is 0. The van der Waals surface area contributed by atoms with Crippen LogP contribution in [0.5, 0.6) is 5.75 Å². The standard InChI is InChI=1S/C21H31NO8/c1-4-7-13-8-5-6-9-15(13)28-11-14(10-22-12(2)3)29-21-18(25)16(23)17(24)19(30-21)20(26)27/h4-6,8-9,12,14,16-19,21-25H,1,7,10-11H2,2-3H3,(H,26,27)/t14?,16-,17-,18+,19-,21+/m0/s1. The van der Waals surface area contributed by atoms with Crippen molar-refractivity contribution in [3.05, 3.63) is 42.5 Å². The van der Waals surface area contributed by atoms with Crippen LogP contribution in [-0.4, -0.2) is 82.4 Å². The first-order valence-corrected chi connectivity index (χ1v) is 9.87. The minimum Gasteiger partial charge on any atom is -0.491 e. The summed E-state index contributed by atoms with van der Waals surface area (Å²) in [4.78, 5) is 11.3. The number of allylic oxidation sites excluding steroid dienone is 1. The molecule has 1 fully saturated rings. The second kappa shape index (κ2) is 11.4. The Bertz CT molecular complexity index is 697. The fourth-order valence-electron chi connectivity index (χ4n) is 3.02. The largest absolute Gasteiger partial charge is 0.491 e. The van der Waals surface area contributed by atoms with Crippen molar-refractivity contribution in [2.45, 2.75) is 63.1 Å². The van der Waals surface area contributed by atoms with Gasteiger partial charge < -0.3 is 40.0 Å². The van der Waals surface area contributed by atoms with Crippen LogP contribution in [0.25, 0.3) is 0 Å². The summed E-state index contributed by atoms with van der Waals surface area (Å²) in [6.07, 6.45) is -6.53. The van der Waals surface area contributed by atoms with Crippen LogP contribution in [0.4, 0.5) is 0 Å². The lowest BCUT2D eigenvalue weighted by molar-refractivity contribution is -0.305. The van der Waals surface area contributed by atoms with Crippen molar-refractivity contribution in [2.24, 2.45) is 0 Å². The maximum Gasteiger partial charge on any atom is 0.335 e. The van der Waals surface area contributed by atoms with Crippen LogP contribution in [0.1, 0.15) is 19.4 Å². The van der Waals surface area contributed by atoms with E-state index < -0.39 is 42.8 Å². The molecule has 1 heterocycles. The van der Waals surface area contributed by atoms with E-state index in [0.717, 1.165) is 5.56 Å². The van der Waals surface area contributed by atoms with Gasteiger partial charge in [0.1, 0.15) is 36.8 Å². The highest BCUT2D eigenvalue weighted by molar-refractivity contribution is 5.73. The Labute approximate surface area is 175 Å². The molecule has 0 amide bonds. The molecule has 0 bridgehead atoms. The van der Waals surface area contributed by atoms with Gasteiger partial charge in [-0.05, 0) is 18.1 Å². The Balaban J connectivity index is 2.10. The number of hydrogen-bond acceptors (Lipinski definition) is 8.